The maximum absolute atomic E-state index is 11.3. The molecular formula is C14H29N3O3. The van der Waals surface area contributed by atoms with E-state index in [1.54, 1.807) is 0 Å². The molecule has 0 aliphatic rings. The first-order chi connectivity index (χ1) is 9.31. The Kier molecular flexibility index (Phi) is 9.80. The van der Waals surface area contributed by atoms with Crippen LogP contribution in [0.5, 0.6) is 0 Å². The fraction of sp³-hybridized carbons (Fsp3) is 0.857. The molecule has 0 unspecified atom stereocenters. The summed E-state index contributed by atoms with van der Waals surface area (Å²) in [6, 6.07) is 0. The average Bonchev–Trinajstić information content (AvgIpc) is 2.28. The number of carbonyl (C=O) groups is 2. The van der Waals surface area contributed by atoms with Crippen LogP contribution in [0.15, 0.2) is 0 Å². The highest BCUT2D eigenvalue weighted by molar-refractivity contribution is 5.72. The van der Waals surface area contributed by atoms with Crippen molar-refractivity contribution in [3.05, 3.63) is 0 Å². The number of ether oxygens (including phenoxy) is 1. The highest BCUT2D eigenvalue weighted by Gasteiger charge is 2.15. The van der Waals surface area contributed by atoms with Gasteiger partial charge in [-0.25, -0.2) is 4.79 Å². The maximum atomic E-state index is 11.3. The first-order valence-corrected chi connectivity index (χ1v) is 7.23. The molecule has 0 aromatic rings. The van der Waals surface area contributed by atoms with Crippen molar-refractivity contribution >= 4 is 12.0 Å². The van der Waals surface area contributed by atoms with E-state index in [1.807, 2.05) is 20.8 Å². The fourth-order valence-electron chi connectivity index (χ4n) is 1.48. The summed E-state index contributed by atoms with van der Waals surface area (Å²) in [5.74, 6) is 0.0196. The van der Waals surface area contributed by atoms with Crippen molar-refractivity contribution in [2.45, 2.75) is 52.6 Å². The molecule has 0 saturated heterocycles. The largest absolute Gasteiger partial charge is 0.444 e. The second-order valence-electron chi connectivity index (χ2n) is 5.72. The zero-order chi connectivity index (χ0) is 15.4. The summed E-state index contributed by atoms with van der Waals surface area (Å²) in [5.41, 5.74) is -0.448. The quantitative estimate of drug-likeness (QED) is 0.560. The van der Waals surface area contributed by atoms with E-state index >= 15 is 0 Å². The molecule has 118 valence electrons. The number of hydrogen-bond acceptors (Lipinski definition) is 4. The highest BCUT2D eigenvalue weighted by Crippen LogP contribution is 2.06. The van der Waals surface area contributed by atoms with E-state index in [0.29, 0.717) is 6.54 Å². The number of unbranched alkanes of at least 4 members (excludes halogenated alkanes) is 1. The number of alkyl carbamates (subject to hydrolysis) is 1. The fourth-order valence-corrected chi connectivity index (χ4v) is 1.48. The molecule has 0 rings (SSSR count). The van der Waals surface area contributed by atoms with Crippen molar-refractivity contribution in [1.82, 2.24) is 16.0 Å². The minimum atomic E-state index is -0.448. The van der Waals surface area contributed by atoms with E-state index in [4.69, 9.17) is 4.74 Å². The topological polar surface area (TPSA) is 79.5 Å². The predicted molar refractivity (Wildman–Crippen MR) is 79.6 cm³/mol. The molecule has 0 atom stereocenters. The maximum Gasteiger partial charge on any atom is 0.407 e. The Morgan fingerprint density at radius 2 is 1.45 bits per heavy atom. The molecule has 0 saturated carbocycles. The van der Waals surface area contributed by atoms with Crippen molar-refractivity contribution < 1.29 is 14.3 Å². The van der Waals surface area contributed by atoms with Gasteiger partial charge < -0.3 is 20.7 Å². The van der Waals surface area contributed by atoms with Crippen molar-refractivity contribution in [2.75, 3.05) is 26.2 Å². The third kappa shape index (κ3) is 14.8. The Balaban J connectivity index is 3.25. The van der Waals surface area contributed by atoms with Gasteiger partial charge in [0.05, 0.1) is 0 Å². The van der Waals surface area contributed by atoms with Crippen molar-refractivity contribution in [1.29, 1.82) is 0 Å². The van der Waals surface area contributed by atoms with Gasteiger partial charge in [-0.2, -0.15) is 0 Å². The number of rotatable bonds is 9. The van der Waals surface area contributed by atoms with Gasteiger partial charge in [0, 0.05) is 20.0 Å². The van der Waals surface area contributed by atoms with Crippen LogP contribution in [0.3, 0.4) is 0 Å². The third-order valence-corrected chi connectivity index (χ3v) is 2.35. The van der Waals surface area contributed by atoms with E-state index in [0.717, 1.165) is 38.9 Å². The minimum absolute atomic E-state index is 0.0196. The summed E-state index contributed by atoms with van der Waals surface area (Å²) < 4.78 is 5.12. The lowest BCUT2D eigenvalue weighted by molar-refractivity contribution is -0.118. The zero-order valence-corrected chi connectivity index (χ0v) is 13.2. The number of amides is 2. The molecule has 0 fully saturated rings. The molecule has 0 heterocycles. The van der Waals surface area contributed by atoms with Crippen molar-refractivity contribution in [2.24, 2.45) is 0 Å². The summed E-state index contributed by atoms with van der Waals surface area (Å²) in [6.07, 6.45) is 2.50. The van der Waals surface area contributed by atoms with Gasteiger partial charge in [-0.05, 0) is 53.1 Å². The summed E-state index contributed by atoms with van der Waals surface area (Å²) in [7, 11) is 0. The van der Waals surface area contributed by atoms with Gasteiger partial charge in [-0.1, -0.05) is 0 Å². The molecule has 0 radical (unpaired) electrons. The lowest BCUT2D eigenvalue weighted by Crippen LogP contribution is -2.34. The average molecular weight is 287 g/mol. The summed E-state index contributed by atoms with van der Waals surface area (Å²) in [5, 5.41) is 8.76. The van der Waals surface area contributed by atoms with Gasteiger partial charge in [0.1, 0.15) is 5.60 Å². The van der Waals surface area contributed by atoms with Crippen molar-refractivity contribution in [3.8, 4) is 0 Å². The molecule has 6 nitrogen and oxygen atoms in total. The van der Waals surface area contributed by atoms with Crippen LogP contribution in [0.2, 0.25) is 0 Å². The Labute approximate surface area is 122 Å². The van der Waals surface area contributed by atoms with Crippen LogP contribution in [0, 0.1) is 0 Å². The van der Waals surface area contributed by atoms with Gasteiger partial charge in [-0.15, -0.1) is 0 Å². The molecule has 0 spiro atoms. The third-order valence-electron chi connectivity index (χ3n) is 2.35. The first kappa shape index (κ1) is 18.7. The van der Waals surface area contributed by atoms with Gasteiger partial charge in [0.15, 0.2) is 0 Å². The van der Waals surface area contributed by atoms with Crippen LogP contribution in [0.4, 0.5) is 4.79 Å². The molecule has 0 aromatic heterocycles. The van der Waals surface area contributed by atoms with Crippen LogP contribution in [0.1, 0.15) is 47.0 Å². The van der Waals surface area contributed by atoms with Crippen LogP contribution >= 0.6 is 0 Å². The summed E-state index contributed by atoms with van der Waals surface area (Å²) >= 11 is 0. The Hall–Kier alpha value is -1.30. The van der Waals surface area contributed by atoms with Gasteiger partial charge in [-0.3, -0.25) is 4.79 Å². The van der Waals surface area contributed by atoms with E-state index in [2.05, 4.69) is 16.0 Å². The van der Waals surface area contributed by atoms with Crippen molar-refractivity contribution in [3.63, 3.8) is 0 Å². The molecule has 0 aliphatic carbocycles. The first-order valence-electron chi connectivity index (χ1n) is 7.23. The minimum Gasteiger partial charge on any atom is -0.444 e. The summed E-state index contributed by atoms with van der Waals surface area (Å²) in [6.45, 7) is 10.2. The zero-order valence-electron chi connectivity index (χ0n) is 13.2. The lowest BCUT2D eigenvalue weighted by atomic mass is 10.2. The van der Waals surface area contributed by atoms with Crippen LogP contribution in [-0.2, 0) is 9.53 Å². The lowest BCUT2D eigenvalue weighted by Gasteiger charge is -2.19. The standard InChI is InChI=1S/C14H29N3O3/c1-12(18)16-10-6-5-8-15-9-7-11-17-13(19)20-14(2,3)4/h15H,5-11H2,1-4H3,(H,16,18)(H,17,19). The monoisotopic (exact) mass is 287 g/mol. The van der Waals surface area contributed by atoms with Gasteiger partial charge in [0.2, 0.25) is 5.91 Å². The molecule has 0 aliphatic heterocycles. The number of carbonyl (C=O) groups excluding carboxylic acids is 2. The molecule has 3 N–H and O–H groups in total. The van der Waals surface area contributed by atoms with Gasteiger partial charge in [0.25, 0.3) is 0 Å². The number of hydrogen-bond donors (Lipinski definition) is 3. The van der Waals surface area contributed by atoms with Crippen LogP contribution < -0.4 is 16.0 Å². The Morgan fingerprint density at radius 1 is 0.900 bits per heavy atom. The number of nitrogens with one attached hydrogen (secondary N) is 3. The SMILES string of the molecule is CC(=O)NCCCCNCCCNC(=O)OC(C)(C)C. The van der Waals surface area contributed by atoms with E-state index in [-0.39, 0.29) is 12.0 Å². The molecular weight excluding hydrogens is 258 g/mol. The second-order valence-corrected chi connectivity index (χ2v) is 5.72. The summed E-state index contributed by atoms with van der Waals surface area (Å²) in [4.78, 5) is 22.0. The molecule has 6 heteroatoms. The van der Waals surface area contributed by atoms with Crippen LogP contribution in [0.25, 0.3) is 0 Å². The second kappa shape index (κ2) is 10.5. The smallest absolute Gasteiger partial charge is 0.407 e. The van der Waals surface area contributed by atoms with Crippen LogP contribution in [-0.4, -0.2) is 43.8 Å². The molecule has 2 amide bonds. The molecule has 20 heavy (non-hydrogen) atoms. The van der Waals surface area contributed by atoms with Gasteiger partial charge >= 0.3 is 6.09 Å². The Bertz CT molecular complexity index is 288. The van der Waals surface area contributed by atoms with E-state index in [9.17, 15) is 9.59 Å². The normalized spacial score (nSPS) is 11.0. The molecule has 0 bridgehead atoms. The van der Waals surface area contributed by atoms with E-state index < -0.39 is 5.60 Å². The highest BCUT2D eigenvalue weighted by atomic mass is 16.6. The molecule has 0 aromatic carbocycles. The predicted octanol–water partition coefficient (Wildman–Crippen LogP) is 1.41. The van der Waals surface area contributed by atoms with E-state index in [1.165, 1.54) is 6.92 Å². The Morgan fingerprint density at radius 3 is 2.05 bits per heavy atom.